The lowest BCUT2D eigenvalue weighted by Crippen LogP contribution is -2.10. The van der Waals surface area contributed by atoms with Crippen LogP contribution in [0.2, 0.25) is 0 Å². The second-order valence-electron chi connectivity index (χ2n) is 3.39. The van der Waals surface area contributed by atoms with E-state index in [1.807, 2.05) is 0 Å². The summed E-state index contributed by atoms with van der Waals surface area (Å²) >= 11 is 0. The summed E-state index contributed by atoms with van der Waals surface area (Å²) in [5.41, 5.74) is 5.35. The molecule has 2 heterocycles. The summed E-state index contributed by atoms with van der Waals surface area (Å²) in [6.45, 7) is 0.386. The molecule has 2 aromatic rings. The van der Waals surface area contributed by atoms with E-state index in [9.17, 15) is 10.1 Å². The first-order chi connectivity index (χ1) is 8.66. The minimum absolute atomic E-state index is 0.127. The maximum Gasteiger partial charge on any atom is 0.311 e. The van der Waals surface area contributed by atoms with Gasteiger partial charge >= 0.3 is 5.69 Å². The highest BCUT2D eigenvalue weighted by Crippen LogP contribution is 2.22. The molecule has 0 radical (unpaired) electrons. The van der Waals surface area contributed by atoms with Crippen molar-refractivity contribution < 1.29 is 9.45 Å². The Morgan fingerprint density at radius 1 is 1.50 bits per heavy atom. The molecular formula is C9H10N6O3. The van der Waals surface area contributed by atoms with Gasteiger partial charge in [0.1, 0.15) is 5.82 Å². The van der Waals surface area contributed by atoms with Crippen molar-refractivity contribution in [3.63, 3.8) is 0 Å². The molecule has 0 aliphatic heterocycles. The number of nitro groups is 1. The normalized spacial score (nSPS) is 10.2. The molecule has 18 heavy (non-hydrogen) atoms. The quantitative estimate of drug-likeness (QED) is 0.582. The zero-order valence-electron chi connectivity index (χ0n) is 9.24. The molecule has 0 saturated carbocycles. The van der Waals surface area contributed by atoms with Gasteiger partial charge in [-0.1, -0.05) is 5.16 Å². The van der Waals surface area contributed by atoms with Crippen molar-refractivity contribution in [2.45, 2.75) is 6.42 Å². The van der Waals surface area contributed by atoms with Crippen molar-refractivity contribution in [3.05, 3.63) is 34.5 Å². The maximum absolute atomic E-state index is 10.8. The van der Waals surface area contributed by atoms with Crippen LogP contribution in [0.4, 0.5) is 17.3 Å². The molecule has 9 heteroatoms. The largest absolute Gasteiger partial charge is 0.384 e. The van der Waals surface area contributed by atoms with Crippen LogP contribution in [0.3, 0.4) is 0 Å². The molecule has 0 unspecified atom stereocenters. The third-order valence-corrected chi connectivity index (χ3v) is 2.14. The van der Waals surface area contributed by atoms with Crippen molar-refractivity contribution in [1.29, 1.82) is 0 Å². The molecule has 94 valence electrons. The molecule has 0 fully saturated rings. The van der Waals surface area contributed by atoms with Gasteiger partial charge in [-0.2, -0.15) is 4.98 Å². The summed E-state index contributed by atoms with van der Waals surface area (Å²) in [5, 5.41) is 17.2. The number of pyridine rings is 1. The maximum atomic E-state index is 10.8. The van der Waals surface area contributed by atoms with Gasteiger partial charge in [-0.3, -0.25) is 10.1 Å². The van der Waals surface area contributed by atoms with Gasteiger partial charge in [0.2, 0.25) is 12.2 Å². The summed E-state index contributed by atoms with van der Waals surface area (Å²) < 4.78 is 4.57. The molecule has 0 bridgehead atoms. The topological polar surface area (TPSA) is 133 Å². The van der Waals surface area contributed by atoms with Crippen LogP contribution < -0.4 is 11.1 Å². The van der Waals surface area contributed by atoms with E-state index in [1.54, 1.807) is 0 Å². The van der Waals surface area contributed by atoms with E-state index < -0.39 is 4.92 Å². The summed E-state index contributed by atoms with van der Waals surface area (Å²) in [6, 6.07) is 2.68. The molecule has 0 aromatic carbocycles. The van der Waals surface area contributed by atoms with Crippen LogP contribution in [0.5, 0.6) is 0 Å². The predicted octanol–water partition coefficient (Wildman–Crippen LogP) is 0.610. The monoisotopic (exact) mass is 250 g/mol. The first-order valence-corrected chi connectivity index (χ1v) is 5.07. The van der Waals surface area contributed by atoms with E-state index in [1.165, 1.54) is 18.5 Å². The van der Waals surface area contributed by atoms with Crippen molar-refractivity contribution in [3.8, 4) is 0 Å². The van der Waals surface area contributed by atoms with E-state index in [0.29, 0.717) is 18.8 Å². The van der Waals surface area contributed by atoms with Crippen LogP contribution >= 0.6 is 0 Å². The van der Waals surface area contributed by atoms with Crippen LogP contribution in [0.1, 0.15) is 5.82 Å². The molecule has 0 spiro atoms. The number of nitrogens with two attached hydrogens (primary N) is 1. The lowest BCUT2D eigenvalue weighted by Gasteiger charge is -2.05. The van der Waals surface area contributed by atoms with Crippen LogP contribution in [0.15, 0.2) is 23.0 Å². The molecule has 3 N–H and O–H groups in total. The van der Waals surface area contributed by atoms with Crippen LogP contribution in [0.25, 0.3) is 0 Å². The van der Waals surface area contributed by atoms with E-state index in [2.05, 4.69) is 25.0 Å². The fraction of sp³-hybridized carbons (Fsp3) is 0.222. The standard InChI is InChI=1S/C9H10N6O3/c10-7-2-1-6(15(16)17)9(13-7)11-4-3-8-12-5-18-14-8/h1-2,5H,3-4H2,(H3,10,11,13). The minimum Gasteiger partial charge on any atom is -0.384 e. The van der Waals surface area contributed by atoms with Gasteiger partial charge in [0.25, 0.3) is 0 Å². The molecule has 2 rings (SSSR count). The van der Waals surface area contributed by atoms with Crippen molar-refractivity contribution in [2.75, 3.05) is 17.6 Å². The highest BCUT2D eigenvalue weighted by atomic mass is 16.6. The summed E-state index contributed by atoms with van der Waals surface area (Å²) in [4.78, 5) is 17.9. The number of anilines is 2. The predicted molar refractivity (Wildman–Crippen MR) is 61.8 cm³/mol. The third-order valence-electron chi connectivity index (χ3n) is 2.14. The van der Waals surface area contributed by atoms with E-state index >= 15 is 0 Å². The van der Waals surface area contributed by atoms with Crippen LogP contribution in [-0.2, 0) is 6.42 Å². The van der Waals surface area contributed by atoms with Gasteiger partial charge in [0, 0.05) is 19.0 Å². The average molecular weight is 250 g/mol. The van der Waals surface area contributed by atoms with E-state index in [0.717, 1.165) is 0 Å². The summed E-state index contributed by atoms with van der Waals surface area (Å²) in [7, 11) is 0. The Labute approximate surface area is 101 Å². The number of nitrogens with one attached hydrogen (secondary N) is 1. The fourth-order valence-electron chi connectivity index (χ4n) is 1.34. The van der Waals surface area contributed by atoms with Gasteiger partial charge in [-0.25, -0.2) is 4.98 Å². The fourth-order valence-corrected chi connectivity index (χ4v) is 1.34. The number of aromatic nitrogens is 3. The van der Waals surface area contributed by atoms with Crippen LogP contribution in [-0.4, -0.2) is 26.6 Å². The zero-order valence-corrected chi connectivity index (χ0v) is 9.24. The van der Waals surface area contributed by atoms with Gasteiger partial charge < -0.3 is 15.6 Å². The van der Waals surface area contributed by atoms with Crippen molar-refractivity contribution in [2.24, 2.45) is 0 Å². The van der Waals surface area contributed by atoms with E-state index in [4.69, 9.17) is 5.73 Å². The second kappa shape index (κ2) is 5.08. The van der Waals surface area contributed by atoms with Gasteiger partial charge in [0.05, 0.1) is 4.92 Å². The minimum atomic E-state index is -0.525. The summed E-state index contributed by atoms with van der Waals surface area (Å²) in [5.74, 6) is 0.847. The number of nitrogens with zero attached hydrogens (tertiary/aromatic N) is 4. The molecule has 0 amide bonds. The zero-order chi connectivity index (χ0) is 13.0. The lowest BCUT2D eigenvalue weighted by atomic mass is 10.3. The second-order valence-corrected chi connectivity index (χ2v) is 3.39. The highest BCUT2D eigenvalue weighted by Gasteiger charge is 2.15. The molecule has 9 nitrogen and oxygen atoms in total. The Kier molecular flexibility index (Phi) is 3.32. The Hall–Kier alpha value is -2.71. The Bertz CT molecular complexity index is 541. The SMILES string of the molecule is Nc1ccc([N+](=O)[O-])c(NCCc2ncon2)n1. The average Bonchev–Trinajstić information content (AvgIpc) is 2.82. The molecule has 2 aromatic heterocycles. The smallest absolute Gasteiger partial charge is 0.311 e. The molecule has 0 saturated heterocycles. The first kappa shape index (κ1) is 11.8. The molecule has 0 aliphatic rings. The number of hydrogen-bond acceptors (Lipinski definition) is 8. The van der Waals surface area contributed by atoms with E-state index in [-0.39, 0.29) is 17.3 Å². The number of rotatable bonds is 5. The lowest BCUT2D eigenvalue weighted by molar-refractivity contribution is -0.384. The Balaban J connectivity index is 2.03. The van der Waals surface area contributed by atoms with Crippen molar-refractivity contribution >= 4 is 17.3 Å². The van der Waals surface area contributed by atoms with Gasteiger partial charge in [-0.05, 0) is 6.07 Å². The van der Waals surface area contributed by atoms with Gasteiger partial charge in [0.15, 0.2) is 5.82 Å². The van der Waals surface area contributed by atoms with Crippen LogP contribution in [0, 0.1) is 10.1 Å². The first-order valence-electron chi connectivity index (χ1n) is 5.07. The molecule has 0 atom stereocenters. The number of hydrogen-bond donors (Lipinski definition) is 2. The third kappa shape index (κ3) is 2.70. The van der Waals surface area contributed by atoms with Crippen molar-refractivity contribution in [1.82, 2.24) is 15.1 Å². The summed E-state index contributed by atoms with van der Waals surface area (Å²) in [6.07, 6.45) is 1.68. The van der Waals surface area contributed by atoms with Gasteiger partial charge in [-0.15, -0.1) is 0 Å². The Morgan fingerprint density at radius 2 is 2.33 bits per heavy atom. The molecular weight excluding hydrogens is 240 g/mol. The number of nitrogen functional groups attached to an aromatic ring is 1. The highest BCUT2D eigenvalue weighted by molar-refractivity contribution is 5.59. The Morgan fingerprint density at radius 3 is 3.00 bits per heavy atom. The molecule has 0 aliphatic carbocycles.